The Balaban J connectivity index is 1.36. The van der Waals surface area contributed by atoms with Gasteiger partial charge < -0.3 is 14.2 Å². The molecule has 158 valence electrons. The third-order valence-electron chi connectivity index (χ3n) is 7.13. The molecule has 1 heterocycles. The highest BCUT2D eigenvalue weighted by atomic mass is 16.6. The van der Waals surface area contributed by atoms with E-state index in [1.807, 2.05) is 31.2 Å². The van der Waals surface area contributed by atoms with Gasteiger partial charge in [0.15, 0.2) is 0 Å². The zero-order chi connectivity index (χ0) is 20.8. The summed E-state index contributed by atoms with van der Waals surface area (Å²) in [5, 5.41) is 1.56. The van der Waals surface area contributed by atoms with Gasteiger partial charge in [-0.25, -0.2) is 0 Å². The fraction of sp³-hybridized carbons (Fsp3) is 0.520. The molecule has 5 heteroatoms. The highest BCUT2D eigenvalue weighted by molar-refractivity contribution is 5.96. The summed E-state index contributed by atoms with van der Waals surface area (Å²) >= 11 is 0. The van der Waals surface area contributed by atoms with E-state index in [-0.39, 0.29) is 29.9 Å². The Kier molecular flexibility index (Phi) is 5.02. The molecule has 0 radical (unpaired) electrons. The van der Waals surface area contributed by atoms with Crippen LogP contribution in [0.15, 0.2) is 36.4 Å². The standard InChI is InChI=1S/C25H28O5/c1-3-7-14(4-2)24(26)28-20-10-5-9-17-16(20)8-6-11-21(17)29-25(27)19-13-15-12-18(19)23-22(15)30-23/h5-6,8-11,14-15,18-19,22-23H,3-4,7,12-13H2,1-2H3. The molecule has 5 nitrogen and oxygen atoms in total. The van der Waals surface area contributed by atoms with Crippen molar-refractivity contribution in [2.75, 3.05) is 0 Å². The molecule has 2 bridgehead atoms. The molecule has 1 aliphatic heterocycles. The average Bonchev–Trinajstić information content (AvgIpc) is 3.35. The van der Waals surface area contributed by atoms with Gasteiger partial charge in [-0.05, 0) is 43.7 Å². The molecule has 0 aromatic heterocycles. The van der Waals surface area contributed by atoms with Crippen molar-refractivity contribution in [1.82, 2.24) is 0 Å². The first-order valence-corrected chi connectivity index (χ1v) is 11.2. The quantitative estimate of drug-likeness (QED) is 0.370. The fourth-order valence-electron chi connectivity index (χ4n) is 5.52. The van der Waals surface area contributed by atoms with E-state index in [4.69, 9.17) is 14.2 Å². The van der Waals surface area contributed by atoms with E-state index in [2.05, 4.69) is 6.92 Å². The first-order valence-electron chi connectivity index (χ1n) is 11.2. The number of esters is 2. The maximum absolute atomic E-state index is 12.9. The van der Waals surface area contributed by atoms with E-state index in [1.54, 1.807) is 12.1 Å². The van der Waals surface area contributed by atoms with Gasteiger partial charge in [0.25, 0.3) is 0 Å². The van der Waals surface area contributed by atoms with Gasteiger partial charge in [0.05, 0.1) is 24.0 Å². The summed E-state index contributed by atoms with van der Waals surface area (Å²) in [6, 6.07) is 11.1. The van der Waals surface area contributed by atoms with Crippen molar-refractivity contribution in [3.8, 4) is 11.5 Å². The average molecular weight is 408 g/mol. The predicted molar refractivity (Wildman–Crippen MR) is 112 cm³/mol. The molecule has 6 unspecified atom stereocenters. The van der Waals surface area contributed by atoms with Crippen LogP contribution in [0.1, 0.15) is 46.0 Å². The van der Waals surface area contributed by atoms with Crippen molar-refractivity contribution in [2.45, 2.75) is 58.2 Å². The van der Waals surface area contributed by atoms with Gasteiger partial charge in [0.1, 0.15) is 11.5 Å². The summed E-state index contributed by atoms with van der Waals surface area (Å²) in [6.45, 7) is 4.08. The van der Waals surface area contributed by atoms with Gasteiger partial charge in [-0.15, -0.1) is 0 Å². The lowest BCUT2D eigenvalue weighted by atomic mass is 9.89. The number of epoxide rings is 1. The zero-order valence-electron chi connectivity index (χ0n) is 17.5. The summed E-state index contributed by atoms with van der Waals surface area (Å²) in [6.07, 6.45) is 5.14. The molecule has 2 aromatic carbocycles. The third kappa shape index (κ3) is 3.29. The normalized spacial score (nSPS) is 29.5. The van der Waals surface area contributed by atoms with E-state index < -0.39 is 0 Å². The Morgan fingerprint density at radius 1 is 1.00 bits per heavy atom. The number of benzene rings is 2. The lowest BCUT2D eigenvalue weighted by Gasteiger charge is -2.19. The van der Waals surface area contributed by atoms with Crippen LogP contribution in [0.2, 0.25) is 0 Å². The minimum absolute atomic E-state index is 0.0747. The summed E-state index contributed by atoms with van der Waals surface area (Å²) in [4.78, 5) is 25.5. The van der Waals surface area contributed by atoms with Crippen LogP contribution in [0.3, 0.4) is 0 Å². The van der Waals surface area contributed by atoms with Crippen LogP contribution in [0.4, 0.5) is 0 Å². The van der Waals surface area contributed by atoms with Crippen LogP contribution < -0.4 is 9.47 Å². The number of fused-ring (bicyclic) bond motifs is 6. The van der Waals surface area contributed by atoms with Gasteiger partial charge in [0, 0.05) is 16.7 Å². The monoisotopic (exact) mass is 408 g/mol. The topological polar surface area (TPSA) is 65.1 Å². The van der Waals surface area contributed by atoms with Crippen LogP contribution in [0, 0.1) is 23.7 Å². The molecule has 2 aromatic rings. The number of hydrogen-bond acceptors (Lipinski definition) is 5. The summed E-state index contributed by atoms with van der Waals surface area (Å²) in [5.74, 6) is 1.32. The molecule has 1 saturated heterocycles. The molecule has 2 saturated carbocycles. The molecule has 0 spiro atoms. The third-order valence-corrected chi connectivity index (χ3v) is 7.13. The van der Waals surface area contributed by atoms with Crippen LogP contribution in [0.25, 0.3) is 10.8 Å². The van der Waals surface area contributed by atoms with Crippen molar-refractivity contribution in [3.05, 3.63) is 36.4 Å². The number of ether oxygens (including phenoxy) is 3. The molecule has 2 aliphatic carbocycles. The summed E-state index contributed by atoms with van der Waals surface area (Å²) in [7, 11) is 0. The van der Waals surface area contributed by atoms with Crippen molar-refractivity contribution >= 4 is 22.7 Å². The van der Waals surface area contributed by atoms with Crippen LogP contribution in [-0.2, 0) is 14.3 Å². The molecule has 5 rings (SSSR count). The van der Waals surface area contributed by atoms with E-state index >= 15 is 0 Å². The van der Waals surface area contributed by atoms with Gasteiger partial charge in [-0.1, -0.05) is 44.5 Å². The Morgan fingerprint density at radius 2 is 1.70 bits per heavy atom. The van der Waals surface area contributed by atoms with Crippen molar-refractivity contribution in [3.63, 3.8) is 0 Å². The van der Waals surface area contributed by atoms with Gasteiger partial charge >= 0.3 is 11.9 Å². The second-order valence-corrected chi connectivity index (χ2v) is 8.91. The van der Waals surface area contributed by atoms with Gasteiger partial charge in [0.2, 0.25) is 0 Å². The molecule has 3 aliphatic rings. The second-order valence-electron chi connectivity index (χ2n) is 8.91. The number of carbonyl (C=O) groups is 2. The first-order chi connectivity index (χ1) is 14.6. The minimum atomic E-state index is -0.199. The SMILES string of the molecule is CCCC(CC)C(=O)Oc1cccc2c(OC(=O)C3CC4CC3C3OC43)cccc12. The maximum Gasteiger partial charge on any atom is 0.314 e. The Hall–Kier alpha value is -2.40. The van der Waals surface area contributed by atoms with Gasteiger partial charge in [-0.2, -0.15) is 0 Å². The Morgan fingerprint density at radius 3 is 2.30 bits per heavy atom. The molecule has 3 fully saturated rings. The number of rotatable bonds is 7. The minimum Gasteiger partial charge on any atom is -0.426 e. The Bertz CT molecular complexity index is 983. The zero-order valence-corrected chi connectivity index (χ0v) is 17.5. The van der Waals surface area contributed by atoms with Crippen LogP contribution >= 0.6 is 0 Å². The van der Waals surface area contributed by atoms with E-state index in [9.17, 15) is 9.59 Å². The van der Waals surface area contributed by atoms with Crippen molar-refractivity contribution in [2.24, 2.45) is 23.7 Å². The van der Waals surface area contributed by atoms with Crippen molar-refractivity contribution < 1.29 is 23.8 Å². The Labute approximate surface area is 176 Å². The molecule has 0 N–H and O–H groups in total. The van der Waals surface area contributed by atoms with Crippen LogP contribution in [0.5, 0.6) is 11.5 Å². The van der Waals surface area contributed by atoms with Crippen LogP contribution in [-0.4, -0.2) is 24.1 Å². The smallest absolute Gasteiger partial charge is 0.314 e. The predicted octanol–water partition coefficient (Wildman–Crippen LogP) is 4.90. The van der Waals surface area contributed by atoms with E-state index in [1.165, 1.54) is 0 Å². The summed E-state index contributed by atoms with van der Waals surface area (Å²) in [5.41, 5.74) is 0. The fourth-order valence-corrected chi connectivity index (χ4v) is 5.52. The second kappa shape index (κ2) is 7.69. The largest absolute Gasteiger partial charge is 0.426 e. The molecule has 0 amide bonds. The number of carbonyl (C=O) groups excluding carboxylic acids is 2. The molecular weight excluding hydrogens is 380 g/mol. The first kappa shape index (κ1) is 19.6. The maximum atomic E-state index is 12.9. The summed E-state index contributed by atoms with van der Waals surface area (Å²) < 4.78 is 17.3. The lowest BCUT2D eigenvalue weighted by molar-refractivity contribution is -0.141. The van der Waals surface area contributed by atoms with E-state index in [0.29, 0.717) is 29.4 Å². The van der Waals surface area contributed by atoms with Gasteiger partial charge in [-0.3, -0.25) is 9.59 Å². The molecule has 30 heavy (non-hydrogen) atoms. The highest BCUT2D eigenvalue weighted by Gasteiger charge is 2.65. The molecule has 6 atom stereocenters. The highest BCUT2D eigenvalue weighted by Crippen LogP contribution is 2.59. The number of hydrogen-bond donors (Lipinski definition) is 0. The van der Waals surface area contributed by atoms with E-state index in [0.717, 1.165) is 42.9 Å². The lowest BCUT2D eigenvalue weighted by Crippen LogP contribution is -2.29. The van der Waals surface area contributed by atoms with Crippen molar-refractivity contribution in [1.29, 1.82) is 0 Å². The molecular formula is C25H28O5.